The van der Waals surface area contributed by atoms with Crippen LogP contribution in [0.4, 0.5) is 0 Å². The summed E-state index contributed by atoms with van der Waals surface area (Å²) in [5, 5.41) is 0. The molecule has 0 atom stereocenters. The molecule has 0 bridgehead atoms. The predicted molar refractivity (Wildman–Crippen MR) is 62.4 cm³/mol. The molecule has 15 heavy (non-hydrogen) atoms. The lowest BCUT2D eigenvalue weighted by molar-refractivity contribution is 1.48. The zero-order valence-corrected chi connectivity index (χ0v) is 8.04. The maximum atomic E-state index is 5.39. The molecule has 0 amide bonds. The normalized spacial score (nSPS) is 9.47. The monoisotopic (exact) mass is 190 g/mol. The fourth-order valence-corrected chi connectivity index (χ4v) is 0.550. The van der Waals surface area contributed by atoms with Gasteiger partial charge in [-0.2, -0.15) is 0 Å². The summed E-state index contributed by atoms with van der Waals surface area (Å²) in [6.45, 7) is 5.14. The molecule has 0 aromatic carbocycles. The molecule has 0 saturated heterocycles. The summed E-state index contributed by atoms with van der Waals surface area (Å²) in [4.78, 5) is 0. The first-order valence-corrected chi connectivity index (χ1v) is 3.90. The number of terminal acetylenes is 2. The van der Waals surface area contributed by atoms with Crippen molar-refractivity contribution < 1.29 is 0 Å². The molecule has 0 aromatic rings. The van der Waals surface area contributed by atoms with Crippen molar-refractivity contribution in [1.29, 1.82) is 0 Å². The van der Waals surface area contributed by atoms with Crippen molar-refractivity contribution in [3.8, 4) is 48.4 Å². The Morgan fingerprint density at radius 2 is 1.80 bits per heavy atom. The van der Waals surface area contributed by atoms with Gasteiger partial charge in [0.2, 0.25) is 0 Å². The zero-order valence-electron chi connectivity index (χ0n) is 8.04. The smallest absolute Gasteiger partial charge is 0.0922 e. The van der Waals surface area contributed by atoms with E-state index >= 15 is 0 Å². The summed E-state index contributed by atoms with van der Waals surface area (Å²) in [6.07, 6.45) is 14.3. The van der Waals surface area contributed by atoms with E-state index < -0.39 is 0 Å². The Balaban J connectivity index is 4.67. The highest BCUT2D eigenvalue weighted by Gasteiger charge is 1.79. The van der Waals surface area contributed by atoms with Crippen molar-refractivity contribution in [2.45, 2.75) is 0 Å². The van der Waals surface area contributed by atoms with E-state index in [9.17, 15) is 0 Å². The Morgan fingerprint density at radius 1 is 1.13 bits per heavy atom. The fraction of sp³-hybridized carbons (Fsp3) is 0. The Kier molecular flexibility index (Phi) is 6.45. The molecule has 0 spiro atoms. The van der Waals surface area contributed by atoms with E-state index in [0.717, 1.165) is 0 Å². The standard InChI is InChI=1S/C14H8N/c1-4-9-13(6-3)11-7-8-12-14(15)10-5-2/h1-4,9-10H,15H2/b4-1?,13-9+,14-10+. The Labute approximate surface area is 90.8 Å². The van der Waals surface area contributed by atoms with Crippen LogP contribution in [0, 0.1) is 54.9 Å². The van der Waals surface area contributed by atoms with E-state index in [4.69, 9.17) is 25.2 Å². The lowest BCUT2D eigenvalue weighted by Crippen LogP contribution is -1.91. The van der Waals surface area contributed by atoms with Gasteiger partial charge in [-0.3, -0.25) is 0 Å². The van der Waals surface area contributed by atoms with Gasteiger partial charge in [-0.1, -0.05) is 24.5 Å². The maximum Gasteiger partial charge on any atom is 0.0922 e. The first kappa shape index (κ1) is 12.3. The second-order valence-electron chi connectivity index (χ2n) is 2.18. The van der Waals surface area contributed by atoms with Crippen LogP contribution in [0.2, 0.25) is 0 Å². The average molecular weight is 190 g/mol. The van der Waals surface area contributed by atoms with Crippen molar-refractivity contribution in [2.24, 2.45) is 5.73 Å². The fourth-order valence-electron chi connectivity index (χ4n) is 0.550. The average Bonchev–Trinajstić information content (AvgIpc) is 2.23. The number of allylic oxidation sites excluding steroid dienone is 5. The predicted octanol–water partition coefficient (Wildman–Crippen LogP) is 1.02. The van der Waals surface area contributed by atoms with E-state index in [2.05, 4.69) is 35.5 Å². The molecule has 0 aliphatic heterocycles. The summed E-state index contributed by atoms with van der Waals surface area (Å²) in [6, 6.07) is 0. The topological polar surface area (TPSA) is 26.0 Å². The van der Waals surface area contributed by atoms with Crippen LogP contribution in [0.5, 0.6) is 0 Å². The molecule has 0 aromatic heterocycles. The molecule has 0 rings (SSSR count). The Hall–Kier alpha value is -2.74. The van der Waals surface area contributed by atoms with Gasteiger partial charge in [0.1, 0.15) is 0 Å². The van der Waals surface area contributed by atoms with Crippen molar-refractivity contribution in [2.75, 3.05) is 0 Å². The summed E-state index contributed by atoms with van der Waals surface area (Å²) in [5.74, 6) is 14.8. The first-order valence-electron chi connectivity index (χ1n) is 3.90. The molecule has 1 nitrogen and oxygen atoms in total. The highest BCUT2D eigenvalue weighted by atomic mass is 14.5. The summed E-state index contributed by atoms with van der Waals surface area (Å²) < 4.78 is 0. The highest BCUT2D eigenvalue weighted by Crippen LogP contribution is 1.88. The lowest BCUT2D eigenvalue weighted by Gasteiger charge is -1.80. The molecule has 0 heterocycles. The molecule has 1 radical (unpaired) electrons. The summed E-state index contributed by atoms with van der Waals surface area (Å²) in [5.41, 5.74) is 6.12. The van der Waals surface area contributed by atoms with Crippen molar-refractivity contribution in [1.82, 2.24) is 0 Å². The van der Waals surface area contributed by atoms with Gasteiger partial charge in [0.05, 0.1) is 11.3 Å². The van der Waals surface area contributed by atoms with Crippen LogP contribution in [-0.4, -0.2) is 0 Å². The zero-order chi connectivity index (χ0) is 11.5. The molecule has 1 heteroatoms. The first-order chi connectivity index (χ1) is 7.24. The minimum atomic E-state index is 0.281. The van der Waals surface area contributed by atoms with Crippen molar-refractivity contribution >= 4 is 0 Å². The van der Waals surface area contributed by atoms with Gasteiger partial charge < -0.3 is 5.73 Å². The second-order valence-corrected chi connectivity index (χ2v) is 2.18. The third kappa shape index (κ3) is 6.42. The lowest BCUT2D eigenvalue weighted by atomic mass is 10.2. The molecule has 69 valence electrons. The van der Waals surface area contributed by atoms with E-state index in [-0.39, 0.29) is 5.70 Å². The quantitative estimate of drug-likeness (QED) is 0.485. The van der Waals surface area contributed by atoms with Crippen LogP contribution < -0.4 is 5.73 Å². The molecule has 0 unspecified atom stereocenters. The van der Waals surface area contributed by atoms with Crippen LogP contribution in [-0.2, 0) is 0 Å². The van der Waals surface area contributed by atoms with Gasteiger partial charge in [0, 0.05) is 6.08 Å². The van der Waals surface area contributed by atoms with E-state index in [1.165, 1.54) is 18.2 Å². The van der Waals surface area contributed by atoms with E-state index in [1.807, 2.05) is 0 Å². The van der Waals surface area contributed by atoms with Crippen molar-refractivity contribution in [3.05, 3.63) is 36.1 Å². The minimum Gasteiger partial charge on any atom is -0.391 e. The number of hydrogen-bond acceptors (Lipinski definition) is 1. The molecule has 0 saturated carbocycles. The number of hydrogen-bond donors (Lipinski definition) is 1. The number of nitrogens with two attached hydrogens (primary N) is 1. The van der Waals surface area contributed by atoms with Crippen LogP contribution in [0.3, 0.4) is 0 Å². The third-order valence-electron chi connectivity index (χ3n) is 1.12. The largest absolute Gasteiger partial charge is 0.391 e. The van der Waals surface area contributed by atoms with Crippen LogP contribution in [0.15, 0.2) is 29.5 Å². The SMILES string of the molecule is [CH]=C/C=C(\C#C)C#CC#C/C(N)=C\C#C. The summed E-state index contributed by atoms with van der Waals surface area (Å²) >= 11 is 0. The van der Waals surface area contributed by atoms with Gasteiger partial charge in [0.25, 0.3) is 0 Å². The van der Waals surface area contributed by atoms with Crippen LogP contribution in [0.1, 0.15) is 0 Å². The van der Waals surface area contributed by atoms with Gasteiger partial charge in [-0.15, -0.1) is 12.8 Å². The van der Waals surface area contributed by atoms with Gasteiger partial charge in [-0.05, 0) is 29.8 Å². The van der Waals surface area contributed by atoms with Gasteiger partial charge in [-0.25, -0.2) is 0 Å². The van der Waals surface area contributed by atoms with E-state index in [1.54, 1.807) is 0 Å². The highest BCUT2D eigenvalue weighted by molar-refractivity contribution is 5.49. The maximum absolute atomic E-state index is 5.39. The Bertz CT molecular complexity index is 494. The molecule has 0 aliphatic carbocycles. The van der Waals surface area contributed by atoms with E-state index in [0.29, 0.717) is 5.57 Å². The van der Waals surface area contributed by atoms with Crippen molar-refractivity contribution in [3.63, 3.8) is 0 Å². The molecule has 2 N–H and O–H groups in total. The number of rotatable bonds is 1. The van der Waals surface area contributed by atoms with Crippen LogP contribution in [0.25, 0.3) is 0 Å². The van der Waals surface area contributed by atoms with Crippen LogP contribution >= 0.6 is 0 Å². The van der Waals surface area contributed by atoms with Gasteiger partial charge >= 0.3 is 0 Å². The second kappa shape index (κ2) is 7.89. The molecule has 0 fully saturated rings. The van der Waals surface area contributed by atoms with Gasteiger partial charge in [0.15, 0.2) is 0 Å². The molecular weight excluding hydrogens is 182 g/mol. The molecular formula is C14H8N. The minimum absolute atomic E-state index is 0.281. The summed E-state index contributed by atoms with van der Waals surface area (Å²) in [7, 11) is 0. The Morgan fingerprint density at radius 3 is 2.33 bits per heavy atom. The third-order valence-corrected chi connectivity index (χ3v) is 1.12. The molecule has 0 aliphatic rings.